The SMILES string of the molecule is O=S(=O)(c1ccccc1)c1csc(S(=O)(=O)c2cccc(B(O)O)c2)c1. The molecule has 0 saturated heterocycles. The molecule has 1 heterocycles. The molecular formula is C16H13BO6S3. The molecule has 2 aromatic carbocycles. The van der Waals surface area contributed by atoms with Gasteiger partial charge in [-0.3, -0.25) is 0 Å². The van der Waals surface area contributed by atoms with Crippen LogP contribution in [0.15, 0.2) is 84.9 Å². The van der Waals surface area contributed by atoms with Crippen LogP contribution in [0.4, 0.5) is 0 Å². The fourth-order valence-electron chi connectivity index (χ4n) is 2.28. The predicted octanol–water partition coefficient (Wildman–Crippen LogP) is 1.09. The minimum Gasteiger partial charge on any atom is -0.423 e. The van der Waals surface area contributed by atoms with Gasteiger partial charge in [0.15, 0.2) is 0 Å². The molecule has 0 spiro atoms. The van der Waals surface area contributed by atoms with E-state index < -0.39 is 26.8 Å². The number of thiophene rings is 1. The Morgan fingerprint density at radius 2 is 1.38 bits per heavy atom. The lowest BCUT2D eigenvalue weighted by atomic mass is 9.80. The van der Waals surface area contributed by atoms with E-state index in [0.717, 1.165) is 23.5 Å². The lowest BCUT2D eigenvalue weighted by molar-refractivity contribution is 0.425. The first kappa shape index (κ1) is 18.8. The van der Waals surface area contributed by atoms with E-state index in [1.165, 1.54) is 35.7 Å². The molecule has 0 aliphatic heterocycles. The van der Waals surface area contributed by atoms with Gasteiger partial charge < -0.3 is 10.0 Å². The Balaban J connectivity index is 2.03. The predicted molar refractivity (Wildman–Crippen MR) is 97.9 cm³/mol. The molecule has 26 heavy (non-hydrogen) atoms. The first-order chi connectivity index (χ1) is 12.2. The van der Waals surface area contributed by atoms with Crippen LogP contribution in [0.1, 0.15) is 0 Å². The monoisotopic (exact) mass is 408 g/mol. The number of hydrogen-bond donors (Lipinski definition) is 2. The van der Waals surface area contributed by atoms with Gasteiger partial charge in [0.05, 0.1) is 14.7 Å². The average molecular weight is 408 g/mol. The van der Waals surface area contributed by atoms with E-state index in [0.29, 0.717) is 0 Å². The standard InChI is InChI=1S/C16H13BO6S3/c18-17(19)12-5-4-8-14(9-12)26(22,23)16-10-15(11-24-16)25(20,21)13-6-2-1-3-7-13/h1-11,18-19H. The Morgan fingerprint density at radius 1 is 0.731 bits per heavy atom. The van der Waals surface area contributed by atoms with Crippen molar-refractivity contribution in [1.82, 2.24) is 0 Å². The maximum atomic E-state index is 12.7. The van der Waals surface area contributed by atoms with Crippen LogP contribution in [0.2, 0.25) is 0 Å². The van der Waals surface area contributed by atoms with Crippen LogP contribution in [0.5, 0.6) is 0 Å². The molecule has 0 amide bonds. The second kappa shape index (κ2) is 6.97. The third-order valence-corrected chi connectivity index (χ3v) is 8.74. The van der Waals surface area contributed by atoms with Crippen LogP contribution < -0.4 is 5.46 Å². The van der Waals surface area contributed by atoms with Gasteiger partial charge in [-0.2, -0.15) is 0 Å². The quantitative estimate of drug-likeness (QED) is 0.612. The van der Waals surface area contributed by atoms with Gasteiger partial charge in [0, 0.05) is 5.38 Å². The Kier molecular flexibility index (Phi) is 5.04. The van der Waals surface area contributed by atoms with Crippen molar-refractivity contribution in [3.05, 3.63) is 66.0 Å². The van der Waals surface area contributed by atoms with Crippen molar-refractivity contribution in [1.29, 1.82) is 0 Å². The van der Waals surface area contributed by atoms with E-state index in [2.05, 4.69) is 0 Å². The lowest BCUT2D eigenvalue weighted by Crippen LogP contribution is -2.30. The molecule has 134 valence electrons. The molecule has 6 nitrogen and oxygen atoms in total. The topological polar surface area (TPSA) is 109 Å². The average Bonchev–Trinajstić information content (AvgIpc) is 3.14. The summed E-state index contributed by atoms with van der Waals surface area (Å²) in [5.74, 6) is 0. The van der Waals surface area contributed by atoms with Crippen molar-refractivity contribution >= 4 is 43.6 Å². The van der Waals surface area contributed by atoms with E-state index in [1.807, 2.05) is 0 Å². The van der Waals surface area contributed by atoms with Crippen molar-refractivity contribution in [2.24, 2.45) is 0 Å². The molecule has 0 aliphatic rings. The van der Waals surface area contributed by atoms with Crippen LogP contribution in [0.3, 0.4) is 0 Å². The lowest BCUT2D eigenvalue weighted by Gasteiger charge is -2.05. The van der Waals surface area contributed by atoms with Gasteiger partial charge in [-0.25, -0.2) is 16.8 Å². The van der Waals surface area contributed by atoms with E-state index in [-0.39, 0.29) is 24.4 Å². The van der Waals surface area contributed by atoms with Crippen LogP contribution in [0, 0.1) is 0 Å². The van der Waals surface area contributed by atoms with Crippen molar-refractivity contribution in [3.8, 4) is 0 Å². The van der Waals surface area contributed by atoms with E-state index in [4.69, 9.17) is 0 Å². The summed E-state index contributed by atoms with van der Waals surface area (Å²) in [6.45, 7) is 0. The molecular weight excluding hydrogens is 395 g/mol. The second-order valence-electron chi connectivity index (χ2n) is 5.37. The summed E-state index contributed by atoms with van der Waals surface area (Å²) in [5.41, 5.74) is 0.0276. The molecule has 0 fully saturated rings. The molecule has 0 radical (unpaired) electrons. The molecule has 0 bridgehead atoms. The Morgan fingerprint density at radius 3 is 2.04 bits per heavy atom. The van der Waals surface area contributed by atoms with Gasteiger partial charge in [-0.15, -0.1) is 11.3 Å². The third-order valence-electron chi connectivity index (χ3n) is 3.65. The van der Waals surface area contributed by atoms with Gasteiger partial charge >= 0.3 is 7.12 Å². The maximum absolute atomic E-state index is 12.7. The summed E-state index contributed by atoms with van der Waals surface area (Å²) >= 11 is 0.795. The summed E-state index contributed by atoms with van der Waals surface area (Å²) in [5, 5.41) is 19.7. The molecule has 2 N–H and O–H groups in total. The molecule has 3 aromatic rings. The van der Waals surface area contributed by atoms with Crippen LogP contribution in [-0.4, -0.2) is 34.0 Å². The van der Waals surface area contributed by atoms with E-state index >= 15 is 0 Å². The first-order valence-electron chi connectivity index (χ1n) is 7.33. The molecule has 10 heteroatoms. The van der Waals surface area contributed by atoms with Crippen molar-refractivity contribution in [2.75, 3.05) is 0 Å². The van der Waals surface area contributed by atoms with E-state index in [1.54, 1.807) is 18.2 Å². The molecule has 0 saturated carbocycles. The van der Waals surface area contributed by atoms with Crippen molar-refractivity contribution < 1.29 is 26.9 Å². The maximum Gasteiger partial charge on any atom is 0.488 e. The van der Waals surface area contributed by atoms with Gasteiger partial charge in [-0.05, 0) is 35.8 Å². The minimum absolute atomic E-state index is 0.0276. The first-order valence-corrected chi connectivity index (χ1v) is 11.2. The van der Waals surface area contributed by atoms with Crippen LogP contribution in [0.25, 0.3) is 0 Å². The zero-order chi connectivity index (χ0) is 18.9. The summed E-state index contributed by atoms with van der Waals surface area (Å²) in [6.07, 6.45) is 0. The Labute approximate surface area is 155 Å². The number of rotatable bonds is 5. The number of sulfone groups is 2. The summed E-state index contributed by atoms with van der Waals surface area (Å²) in [4.78, 5) is -0.175. The molecule has 0 aliphatic carbocycles. The van der Waals surface area contributed by atoms with Crippen LogP contribution >= 0.6 is 11.3 Å². The second-order valence-corrected chi connectivity index (χ2v) is 10.4. The zero-order valence-corrected chi connectivity index (χ0v) is 15.6. The Bertz CT molecular complexity index is 1140. The highest BCUT2D eigenvalue weighted by molar-refractivity contribution is 7.94. The van der Waals surface area contributed by atoms with Crippen LogP contribution in [-0.2, 0) is 19.7 Å². The summed E-state index contributed by atoms with van der Waals surface area (Å²) < 4.78 is 50.5. The fraction of sp³-hybridized carbons (Fsp3) is 0. The van der Waals surface area contributed by atoms with Gasteiger partial charge in [0.1, 0.15) is 4.21 Å². The highest BCUT2D eigenvalue weighted by Gasteiger charge is 2.26. The molecule has 0 unspecified atom stereocenters. The highest BCUT2D eigenvalue weighted by Crippen LogP contribution is 2.31. The fourth-order valence-corrected chi connectivity index (χ4v) is 6.64. The molecule has 3 rings (SSSR count). The van der Waals surface area contributed by atoms with Gasteiger partial charge in [0.25, 0.3) is 0 Å². The highest BCUT2D eigenvalue weighted by atomic mass is 32.2. The van der Waals surface area contributed by atoms with Gasteiger partial charge in [0.2, 0.25) is 19.7 Å². The van der Waals surface area contributed by atoms with Gasteiger partial charge in [-0.1, -0.05) is 30.3 Å². The van der Waals surface area contributed by atoms with Crippen molar-refractivity contribution in [3.63, 3.8) is 0 Å². The largest absolute Gasteiger partial charge is 0.488 e. The smallest absolute Gasteiger partial charge is 0.423 e. The molecule has 1 aromatic heterocycles. The Hall–Kier alpha value is -1.98. The zero-order valence-electron chi connectivity index (χ0n) is 13.2. The summed E-state index contributed by atoms with van der Waals surface area (Å²) in [7, 11) is -9.60. The van der Waals surface area contributed by atoms with E-state index in [9.17, 15) is 26.9 Å². The normalized spacial score (nSPS) is 12.1. The number of benzene rings is 2. The molecule has 0 atom stereocenters. The third kappa shape index (κ3) is 3.46. The van der Waals surface area contributed by atoms with Crippen molar-refractivity contribution in [2.45, 2.75) is 18.9 Å². The number of hydrogen-bond acceptors (Lipinski definition) is 7. The minimum atomic E-state index is -3.98. The summed E-state index contributed by atoms with van der Waals surface area (Å²) in [6, 6.07) is 14.1.